The summed E-state index contributed by atoms with van der Waals surface area (Å²) in [5, 5.41) is 15.7. The highest BCUT2D eigenvalue weighted by Gasteiger charge is 2.42. The van der Waals surface area contributed by atoms with Gasteiger partial charge in [0.05, 0.1) is 12.1 Å². The minimum atomic E-state index is -1.00. The predicted molar refractivity (Wildman–Crippen MR) is 161 cm³/mol. The minimum Gasteiger partial charge on any atom is -0.480 e. The van der Waals surface area contributed by atoms with Crippen molar-refractivity contribution in [3.63, 3.8) is 0 Å². The van der Waals surface area contributed by atoms with E-state index in [2.05, 4.69) is 10.6 Å². The highest BCUT2D eigenvalue weighted by Crippen LogP contribution is 2.29. The predicted octanol–water partition coefficient (Wildman–Crippen LogP) is 3.59. The van der Waals surface area contributed by atoms with E-state index in [-0.39, 0.29) is 23.6 Å². The first-order valence-electron chi connectivity index (χ1n) is 14.5. The van der Waals surface area contributed by atoms with Crippen LogP contribution >= 0.6 is 0 Å². The Bertz CT molecular complexity index is 1120. The average molecular weight is 571 g/mol. The van der Waals surface area contributed by atoms with Gasteiger partial charge in [0.1, 0.15) is 12.1 Å². The summed E-state index contributed by atoms with van der Waals surface area (Å²) in [4.78, 5) is 55.6. The topological polar surface area (TPSA) is 119 Å². The normalized spacial score (nSPS) is 18.6. The Balaban J connectivity index is 2.33. The molecule has 9 nitrogen and oxygen atoms in total. The number of amides is 3. The number of carbonyl (C=O) groups excluding carboxylic acids is 3. The van der Waals surface area contributed by atoms with Gasteiger partial charge in [0.15, 0.2) is 0 Å². The molecule has 0 radical (unpaired) electrons. The van der Waals surface area contributed by atoms with E-state index >= 15 is 0 Å². The molecule has 2 rings (SSSR count). The van der Waals surface area contributed by atoms with Crippen LogP contribution in [0.15, 0.2) is 42.0 Å². The SMILES string of the molecule is CNC(C(=O)NC(C(=O)N(C)C(/C=C(\C)C(=O)N1CCCC1C(=O)O)C(C)C)C(C)(C)C)C(C)(C)c1ccccc1. The van der Waals surface area contributed by atoms with Crippen LogP contribution in [0.2, 0.25) is 0 Å². The van der Waals surface area contributed by atoms with Crippen LogP contribution < -0.4 is 10.6 Å². The van der Waals surface area contributed by atoms with E-state index in [1.165, 1.54) is 4.90 Å². The summed E-state index contributed by atoms with van der Waals surface area (Å²) in [6.07, 6.45) is 2.82. The number of benzene rings is 1. The molecule has 0 aromatic heterocycles. The Hall–Kier alpha value is -3.20. The number of likely N-dealkylation sites (N-methyl/N-ethyl adjacent to an activating group) is 2. The largest absolute Gasteiger partial charge is 0.480 e. The van der Waals surface area contributed by atoms with Crippen LogP contribution in [0.4, 0.5) is 0 Å². The van der Waals surface area contributed by atoms with Crippen molar-refractivity contribution in [1.29, 1.82) is 0 Å². The van der Waals surface area contributed by atoms with Gasteiger partial charge in [0, 0.05) is 24.6 Å². The van der Waals surface area contributed by atoms with Crippen molar-refractivity contribution >= 4 is 23.7 Å². The summed E-state index contributed by atoms with van der Waals surface area (Å²) < 4.78 is 0. The van der Waals surface area contributed by atoms with E-state index in [1.807, 2.05) is 78.8 Å². The molecule has 1 heterocycles. The molecule has 41 heavy (non-hydrogen) atoms. The lowest BCUT2D eigenvalue weighted by Gasteiger charge is -2.40. The molecule has 3 N–H and O–H groups in total. The van der Waals surface area contributed by atoms with Gasteiger partial charge in [0.2, 0.25) is 17.7 Å². The highest BCUT2D eigenvalue weighted by atomic mass is 16.4. The van der Waals surface area contributed by atoms with E-state index in [9.17, 15) is 24.3 Å². The average Bonchev–Trinajstić information content (AvgIpc) is 3.39. The first-order chi connectivity index (χ1) is 18.9. The molecule has 4 atom stereocenters. The molecule has 1 aromatic rings. The van der Waals surface area contributed by atoms with E-state index in [0.29, 0.717) is 25.0 Å². The number of carboxylic acid groups (broad SMARTS) is 1. The van der Waals surface area contributed by atoms with Crippen molar-refractivity contribution in [2.75, 3.05) is 20.6 Å². The lowest BCUT2D eigenvalue weighted by atomic mass is 9.76. The molecular weight excluding hydrogens is 520 g/mol. The molecule has 1 aliphatic rings. The van der Waals surface area contributed by atoms with Crippen LogP contribution in [0.25, 0.3) is 0 Å². The number of nitrogens with zero attached hydrogens (tertiary/aromatic N) is 2. The van der Waals surface area contributed by atoms with Gasteiger partial charge in [-0.25, -0.2) is 4.79 Å². The van der Waals surface area contributed by atoms with Gasteiger partial charge >= 0.3 is 5.97 Å². The van der Waals surface area contributed by atoms with Gasteiger partial charge in [-0.1, -0.05) is 84.9 Å². The van der Waals surface area contributed by atoms with Crippen LogP contribution in [0, 0.1) is 11.3 Å². The number of aliphatic carboxylic acids is 1. The van der Waals surface area contributed by atoms with Crippen molar-refractivity contribution in [2.45, 2.75) is 97.8 Å². The Labute approximate surface area is 245 Å². The summed E-state index contributed by atoms with van der Waals surface area (Å²) in [6.45, 7) is 15.7. The van der Waals surface area contributed by atoms with Crippen molar-refractivity contribution in [3.05, 3.63) is 47.5 Å². The summed E-state index contributed by atoms with van der Waals surface area (Å²) in [5.74, 6) is -1.92. The standard InChI is InChI=1S/C32H50N4O5/c1-20(2)24(19-21(3)28(38)36-18-14-17-23(36)30(40)41)35(10)29(39)26(31(4,5)6)34-27(37)25(33-9)32(7,8)22-15-12-11-13-16-22/h11-13,15-16,19-20,23-26,33H,14,17-18H2,1-10H3,(H,34,37)(H,40,41)/b21-19+. The molecule has 0 aliphatic carbocycles. The number of rotatable bonds is 11. The van der Waals surface area contributed by atoms with Crippen molar-refractivity contribution < 1.29 is 24.3 Å². The van der Waals surface area contributed by atoms with E-state index in [0.717, 1.165) is 5.56 Å². The van der Waals surface area contributed by atoms with Gasteiger partial charge in [-0.15, -0.1) is 0 Å². The zero-order valence-electron chi connectivity index (χ0n) is 26.4. The summed E-state index contributed by atoms with van der Waals surface area (Å²) in [5.41, 5.74) is 0.240. The van der Waals surface area contributed by atoms with E-state index in [4.69, 9.17) is 0 Å². The fraction of sp³-hybridized carbons (Fsp3) is 0.625. The van der Waals surface area contributed by atoms with Crippen LogP contribution in [-0.2, 0) is 24.6 Å². The first kappa shape index (κ1) is 34.0. The molecule has 1 aliphatic heterocycles. The Morgan fingerprint density at radius 1 is 1.05 bits per heavy atom. The summed E-state index contributed by atoms with van der Waals surface area (Å²) >= 11 is 0. The lowest BCUT2D eigenvalue weighted by Crippen LogP contribution is -2.61. The molecule has 0 spiro atoms. The maximum Gasteiger partial charge on any atom is 0.326 e. The fourth-order valence-electron chi connectivity index (χ4n) is 5.65. The van der Waals surface area contributed by atoms with Gasteiger partial charge in [-0.2, -0.15) is 0 Å². The van der Waals surface area contributed by atoms with Gasteiger partial charge in [-0.3, -0.25) is 14.4 Å². The molecule has 0 saturated carbocycles. The zero-order chi connectivity index (χ0) is 31.3. The monoisotopic (exact) mass is 570 g/mol. The van der Waals surface area contributed by atoms with Crippen LogP contribution in [-0.4, -0.2) is 83.4 Å². The van der Waals surface area contributed by atoms with Gasteiger partial charge in [-0.05, 0) is 43.7 Å². The Kier molecular flexibility index (Phi) is 11.3. The van der Waals surface area contributed by atoms with Crippen LogP contribution in [0.3, 0.4) is 0 Å². The smallest absolute Gasteiger partial charge is 0.326 e. The van der Waals surface area contributed by atoms with Gasteiger partial charge in [0.25, 0.3) is 0 Å². The Morgan fingerprint density at radius 2 is 1.63 bits per heavy atom. The highest BCUT2D eigenvalue weighted by molar-refractivity contribution is 5.96. The number of carboxylic acids is 1. The molecule has 1 fully saturated rings. The molecule has 9 heteroatoms. The number of carbonyl (C=O) groups is 4. The first-order valence-corrected chi connectivity index (χ1v) is 14.5. The molecular formula is C32H50N4O5. The molecule has 3 amide bonds. The minimum absolute atomic E-state index is 0.0426. The second-order valence-corrected chi connectivity index (χ2v) is 13.1. The number of hydrogen-bond donors (Lipinski definition) is 3. The molecule has 1 saturated heterocycles. The molecule has 1 aromatic carbocycles. The van der Waals surface area contributed by atoms with E-state index in [1.54, 1.807) is 32.0 Å². The fourth-order valence-corrected chi connectivity index (χ4v) is 5.65. The second-order valence-electron chi connectivity index (χ2n) is 13.1. The van der Waals surface area contributed by atoms with Crippen molar-refractivity contribution in [3.8, 4) is 0 Å². The molecule has 0 bridgehead atoms. The van der Waals surface area contributed by atoms with Gasteiger partial charge < -0.3 is 25.5 Å². The summed E-state index contributed by atoms with van der Waals surface area (Å²) in [6, 6.07) is 7.08. The zero-order valence-corrected chi connectivity index (χ0v) is 26.4. The van der Waals surface area contributed by atoms with Crippen molar-refractivity contribution in [2.24, 2.45) is 11.3 Å². The maximum atomic E-state index is 14.0. The third kappa shape index (κ3) is 7.97. The van der Waals surface area contributed by atoms with Crippen molar-refractivity contribution in [1.82, 2.24) is 20.4 Å². The third-order valence-electron chi connectivity index (χ3n) is 8.22. The second kappa shape index (κ2) is 13.6. The number of likely N-dealkylation sites (tertiary alicyclic amines) is 1. The van der Waals surface area contributed by atoms with E-state index < -0.39 is 41.0 Å². The Morgan fingerprint density at radius 3 is 2.12 bits per heavy atom. The lowest BCUT2D eigenvalue weighted by molar-refractivity contribution is -0.146. The quantitative estimate of drug-likeness (QED) is 0.350. The third-order valence-corrected chi connectivity index (χ3v) is 8.22. The number of nitrogens with one attached hydrogen (secondary N) is 2. The molecule has 228 valence electrons. The molecule has 4 unspecified atom stereocenters. The number of hydrogen-bond acceptors (Lipinski definition) is 5. The summed E-state index contributed by atoms with van der Waals surface area (Å²) in [7, 11) is 3.43. The maximum absolute atomic E-state index is 14.0. The van der Waals surface area contributed by atoms with Crippen LogP contribution in [0.5, 0.6) is 0 Å². The van der Waals surface area contributed by atoms with Crippen LogP contribution in [0.1, 0.15) is 73.8 Å².